The van der Waals surface area contributed by atoms with Gasteiger partial charge in [0.05, 0.1) is 0 Å². The van der Waals surface area contributed by atoms with Crippen molar-refractivity contribution in [2.45, 2.75) is 58.6 Å². The molecule has 0 spiro atoms. The number of piperidine rings is 1. The summed E-state index contributed by atoms with van der Waals surface area (Å²) in [6.45, 7) is 7.64. The fourth-order valence-electron chi connectivity index (χ4n) is 1.95. The highest BCUT2D eigenvalue weighted by Gasteiger charge is 2.33. The monoisotopic (exact) mass is 251 g/mol. The summed E-state index contributed by atoms with van der Waals surface area (Å²) in [5, 5.41) is 0. The highest BCUT2D eigenvalue weighted by atomic mass is 16.6. The maximum atomic E-state index is 12.0. The molecular formula is C14H21NO3. The summed E-state index contributed by atoms with van der Waals surface area (Å²) >= 11 is 0. The van der Waals surface area contributed by atoms with Crippen molar-refractivity contribution in [2.24, 2.45) is 0 Å². The molecule has 4 heteroatoms. The number of ether oxygens (including phenoxy) is 1. The lowest BCUT2D eigenvalue weighted by Gasteiger charge is -2.34. The molecule has 0 saturated carbocycles. The van der Waals surface area contributed by atoms with Gasteiger partial charge in [0.25, 0.3) is 0 Å². The Morgan fingerprint density at radius 3 is 2.50 bits per heavy atom. The van der Waals surface area contributed by atoms with Crippen LogP contribution < -0.4 is 0 Å². The molecule has 0 aromatic rings. The Balaban J connectivity index is 2.78. The Kier molecular flexibility index (Phi) is 4.77. The molecule has 0 radical (unpaired) electrons. The summed E-state index contributed by atoms with van der Waals surface area (Å²) in [5.41, 5.74) is -0.543. The van der Waals surface area contributed by atoms with Gasteiger partial charge in [0.2, 0.25) is 5.78 Å². The normalized spacial score (nSPS) is 19.8. The third-order valence-electron chi connectivity index (χ3n) is 2.68. The molecule has 1 amide bonds. The lowest BCUT2D eigenvalue weighted by Crippen LogP contribution is -2.49. The third-order valence-corrected chi connectivity index (χ3v) is 2.68. The molecule has 1 saturated heterocycles. The van der Waals surface area contributed by atoms with Gasteiger partial charge in [-0.2, -0.15) is 0 Å². The smallest absolute Gasteiger partial charge is 0.410 e. The van der Waals surface area contributed by atoms with E-state index in [4.69, 9.17) is 4.74 Å². The zero-order chi connectivity index (χ0) is 13.8. The summed E-state index contributed by atoms with van der Waals surface area (Å²) < 4.78 is 5.32. The number of Topliss-reactive ketones (excluding diaryl/α,β-unsaturated/α-hetero) is 1. The predicted octanol–water partition coefficient (Wildman–Crippen LogP) is 2.37. The minimum Gasteiger partial charge on any atom is -0.444 e. The molecule has 1 rings (SSSR count). The second kappa shape index (κ2) is 5.90. The average molecular weight is 251 g/mol. The van der Waals surface area contributed by atoms with Crippen molar-refractivity contribution in [1.82, 2.24) is 4.90 Å². The molecule has 1 aliphatic heterocycles. The Morgan fingerprint density at radius 1 is 1.28 bits per heavy atom. The van der Waals surface area contributed by atoms with Crippen LogP contribution in [0, 0.1) is 11.8 Å². The first-order valence-corrected chi connectivity index (χ1v) is 6.31. The molecule has 0 aliphatic carbocycles. The van der Waals surface area contributed by atoms with Crippen LogP contribution in [0.2, 0.25) is 0 Å². The molecule has 1 aliphatic rings. The molecule has 100 valence electrons. The van der Waals surface area contributed by atoms with E-state index in [0.29, 0.717) is 13.0 Å². The number of amides is 1. The number of hydrogen-bond acceptors (Lipinski definition) is 3. The summed E-state index contributed by atoms with van der Waals surface area (Å²) in [7, 11) is 0. The number of carbonyl (C=O) groups is 2. The predicted molar refractivity (Wildman–Crippen MR) is 69.0 cm³/mol. The summed E-state index contributed by atoms with van der Waals surface area (Å²) in [6, 6.07) is -0.443. The molecule has 0 aromatic carbocycles. The van der Waals surface area contributed by atoms with Crippen molar-refractivity contribution < 1.29 is 14.3 Å². The summed E-state index contributed by atoms with van der Waals surface area (Å²) in [6.07, 6.45) is 2.11. The Hall–Kier alpha value is -1.50. The van der Waals surface area contributed by atoms with Gasteiger partial charge in [-0.05, 0) is 52.9 Å². The lowest BCUT2D eigenvalue weighted by atomic mass is 9.99. The molecule has 0 unspecified atom stereocenters. The van der Waals surface area contributed by atoms with Crippen LogP contribution in [0.4, 0.5) is 4.79 Å². The van der Waals surface area contributed by atoms with E-state index in [2.05, 4.69) is 11.8 Å². The largest absolute Gasteiger partial charge is 0.444 e. The summed E-state index contributed by atoms with van der Waals surface area (Å²) in [5.74, 6) is 4.93. The van der Waals surface area contributed by atoms with Gasteiger partial charge >= 0.3 is 6.09 Å². The number of nitrogens with zero attached hydrogens (tertiary/aromatic N) is 1. The van der Waals surface area contributed by atoms with E-state index in [-0.39, 0.29) is 5.78 Å². The van der Waals surface area contributed by atoms with E-state index in [1.165, 1.54) is 4.90 Å². The van der Waals surface area contributed by atoms with Crippen molar-refractivity contribution in [3.8, 4) is 11.8 Å². The molecule has 1 atom stereocenters. The maximum Gasteiger partial charge on any atom is 0.410 e. The van der Waals surface area contributed by atoms with Crippen LogP contribution in [0.25, 0.3) is 0 Å². The van der Waals surface area contributed by atoms with E-state index in [1.807, 2.05) is 20.8 Å². The topological polar surface area (TPSA) is 46.6 Å². The zero-order valence-electron chi connectivity index (χ0n) is 11.6. The van der Waals surface area contributed by atoms with E-state index in [1.54, 1.807) is 6.92 Å². The van der Waals surface area contributed by atoms with Crippen LogP contribution in [0.3, 0.4) is 0 Å². The van der Waals surface area contributed by atoms with Crippen LogP contribution in [-0.2, 0) is 9.53 Å². The van der Waals surface area contributed by atoms with Gasteiger partial charge in [-0.3, -0.25) is 9.69 Å². The van der Waals surface area contributed by atoms with Crippen molar-refractivity contribution in [2.75, 3.05) is 6.54 Å². The molecular weight excluding hydrogens is 230 g/mol. The SMILES string of the molecule is CC#CC(=O)[C@H]1CCCCN1C(=O)OC(C)(C)C. The molecule has 1 fully saturated rings. The van der Waals surface area contributed by atoms with Gasteiger partial charge in [-0.25, -0.2) is 4.79 Å². The quantitative estimate of drug-likeness (QED) is 0.531. The van der Waals surface area contributed by atoms with Crippen molar-refractivity contribution in [1.29, 1.82) is 0 Å². The number of ketones is 1. The lowest BCUT2D eigenvalue weighted by molar-refractivity contribution is -0.119. The number of likely N-dealkylation sites (tertiary alicyclic amines) is 1. The Bertz CT molecular complexity index is 384. The van der Waals surface area contributed by atoms with Gasteiger partial charge in [0, 0.05) is 6.54 Å². The van der Waals surface area contributed by atoms with Crippen molar-refractivity contribution in [3.63, 3.8) is 0 Å². The van der Waals surface area contributed by atoms with Crippen molar-refractivity contribution >= 4 is 11.9 Å². The minimum atomic E-state index is -0.543. The standard InChI is InChI=1S/C14H21NO3/c1-5-8-12(16)11-9-6-7-10-15(11)13(17)18-14(2,3)4/h11H,6-7,9-10H2,1-4H3/t11-/m1/s1. The Labute approximate surface area is 109 Å². The van der Waals surface area contributed by atoms with Gasteiger partial charge in [-0.1, -0.05) is 5.92 Å². The van der Waals surface area contributed by atoms with Crippen LogP contribution in [0.1, 0.15) is 47.0 Å². The number of hydrogen-bond donors (Lipinski definition) is 0. The number of carbonyl (C=O) groups excluding carboxylic acids is 2. The van der Waals surface area contributed by atoms with E-state index >= 15 is 0 Å². The number of rotatable bonds is 1. The second-order valence-electron chi connectivity index (χ2n) is 5.42. The molecule has 1 heterocycles. The molecule has 0 bridgehead atoms. The highest BCUT2D eigenvalue weighted by Crippen LogP contribution is 2.20. The zero-order valence-corrected chi connectivity index (χ0v) is 11.6. The van der Waals surface area contributed by atoms with Crippen molar-refractivity contribution in [3.05, 3.63) is 0 Å². The van der Waals surface area contributed by atoms with Crippen LogP contribution in [-0.4, -0.2) is 35.0 Å². The minimum absolute atomic E-state index is 0.192. The molecule has 18 heavy (non-hydrogen) atoms. The first-order chi connectivity index (χ1) is 8.35. The van der Waals surface area contributed by atoms with Gasteiger partial charge in [0.15, 0.2) is 0 Å². The second-order valence-corrected chi connectivity index (χ2v) is 5.42. The van der Waals surface area contributed by atoms with Crippen LogP contribution in [0.15, 0.2) is 0 Å². The maximum absolute atomic E-state index is 12.0. The van der Waals surface area contributed by atoms with E-state index in [9.17, 15) is 9.59 Å². The van der Waals surface area contributed by atoms with Gasteiger partial charge in [-0.15, -0.1) is 0 Å². The Morgan fingerprint density at radius 2 is 1.94 bits per heavy atom. The molecule has 0 N–H and O–H groups in total. The van der Waals surface area contributed by atoms with Gasteiger partial charge < -0.3 is 4.74 Å². The first kappa shape index (κ1) is 14.6. The van der Waals surface area contributed by atoms with Crippen LogP contribution >= 0.6 is 0 Å². The third kappa shape index (κ3) is 4.06. The fourth-order valence-corrected chi connectivity index (χ4v) is 1.95. The van der Waals surface area contributed by atoms with Gasteiger partial charge in [0.1, 0.15) is 11.6 Å². The average Bonchev–Trinajstić information content (AvgIpc) is 2.27. The fraction of sp³-hybridized carbons (Fsp3) is 0.714. The summed E-state index contributed by atoms with van der Waals surface area (Å²) in [4.78, 5) is 25.4. The van der Waals surface area contributed by atoms with Crippen LogP contribution in [0.5, 0.6) is 0 Å². The molecule has 4 nitrogen and oxygen atoms in total. The highest BCUT2D eigenvalue weighted by molar-refractivity contribution is 6.01. The van der Waals surface area contributed by atoms with E-state index < -0.39 is 17.7 Å². The van der Waals surface area contributed by atoms with E-state index in [0.717, 1.165) is 12.8 Å². The molecule has 0 aromatic heterocycles. The first-order valence-electron chi connectivity index (χ1n) is 6.31.